The molecule has 0 heterocycles. The van der Waals surface area contributed by atoms with Crippen molar-refractivity contribution in [2.45, 2.75) is 18.9 Å². The number of phenols is 1. The molecule has 2 N–H and O–H groups in total. The van der Waals surface area contributed by atoms with Crippen molar-refractivity contribution in [1.29, 1.82) is 0 Å². The van der Waals surface area contributed by atoms with Crippen molar-refractivity contribution in [1.82, 2.24) is 5.32 Å². The Hall–Kier alpha value is -0.820. The Labute approximate surface area is 104 Å². The molecule has 0 aliphatic rings. The number of benzene rings is 1. The van der Waals surface area contributed by atoms with Gasteiger partial charge in [-0.15, -0.1) is 0 Å². The second kappa shape index (κ2) is 5.68. The summed E-state index contributed by atoms with van der Waals surface area (Å²) in [7, 11) is 0. The van der Waals surface area contributed by atoms with Crippen LogP contribution in [0.5, 0.6) is 5.75 Å². The zero-order valence-corrected chi connectivity index (χ0v) is 10.1. The highest BCUT2D eigenvalue weighted by Crippen LogP contribution is 2.27. The maximum absolute atomic E-state index is 12.5. The SMILES string of the molecule is Oc1c(Br)cccc1CNCC(F)(F)C(F)F. The van der Waals surface area contributed by atoms with Gasteiger partial charge in [0.2, 0.25) is 0 Å². The molecule has 1 rings (SSSR count). The van der Waals surface area contributed by atoms with E-state index in [9.17, 15) is 22.7 Å². The molecule has 7 heteroatoms. The topological polar surface area (TPSA) is 32.3 Å². The summed E-state index contributed by atoms with van der Waals surface area (Å²) in [5.74, 6) is -4.16. The Bertz CT molecular complexity index is 387. The fourth-order valence-electron chi connectivity index (χ4n) is 1.14. The van der Waals surface area contributed by atoms with Crippen LogP contribution in [0.25, 0.3) is 0 Å². The van der Waals surface area contributed by atoms with Crippen LogP contribution in [0, 0.1) is 0 Å². The first-order chi connectivity index (χ1) is 7.84. The van der Waals surface area contributed by atoms with E-state index in [0.29, 0.717) is 10.0 Å². The van der Waals surface area contributed by atoms with Gasteiger partial charge in [0, 0.05) is 12.1 Å². The molecule has 0 fully saturated rings. The molecular formula is C10H10BrF4NO. The number of rotatable bonds is 5. The van der Waals surface area contributed by atoms with Crippen molar-refractivity contribution in [3.05, 3.63) is 28.2 Å². The second-order valence-electron chi connectivity index (χ2n) is 3.41. The molecule has 0 unspecified atom stereocenters. The Morgan fingerprint density at radius 3 is 2.59 bits per heavy atom. The quantitative estimate of drug-likeness (QED) is 0.818. The first-order valence-corrected chi connectivity index (χ1v) is 5.47. The van der Waals surface area contributed by atoms with Gasteiger partial charge in [-0.2, -0.15) is 8.78 Å². The Kier molecular flexibility index (Phi) is 4.76. The van der Waals surface area contributed by atoms with Gasteiger partial charge in [0.25, 0.3) is 0 Å². The highest BCUT2D eigenvalue weighted by molar-refractivity contribution is 9.10. The maximum atomic E-state index is 12.5. The third-order valence-corrected chi connectivity index (χ3v) is 2.71. The fourth-order valence-corrected chi connectivity index (χ4v) is 1.55. The summed E-state index contributed by atoms with van der Waals surface area (Å²) >= 11 is 3.05. The minimum Gasteiger partial charge on any atom is -0.506 e. The monoisotopic (exact) mass is 315 g/mol. The van der Waals surface area contributed by atoms with Gasteiger partial charge in [-0.3, -0.25) is 0 Å². The van der Waals surface area contributed by atoms with Crippen LogP contribution in [0.15, 0.2) is 22.7 Å². The lowest BCUT2D eigenvalue weighted by molar-refractivity contribution is -0.125. The predicted molar refractivity (Wildman–Crippen MR) is 58.5 cm³/mol. The molecule has 96 valence electrons. The fraction of sp³-hybridized carbons (Fsp3) is 0.400. The van der Waals surface area contributed by atoms with Crippen LogP contribution < -0.4 is 5.32 Å². The Morgan fingerprint density at radius 1 is 1.35 bits per heavy atom. The number of hydrogen-bond acceptors (Lipinski definition) is 2. The van der Waals surface area contributed by atoms with E-state index in [0.717, 1.165) is 0 Å². The summed E-state index contributed by atoms with van der Waals surface area (Å²) in [6.45, 7) is -1.26. The van der Waals surface area contributed by atoms with Crippen molar-refractivity contribution >= 4 is 15.9 Å². The van der Waals surface area contributed by atoms with Crippen molar-refractivity contribution < 1.29 is 22.7 Å². The van der Waals surface area contributed by atoms with Crippen LogP contribution in [0.4, 0.5) is 17.6 Å². The molecule has 0 aliphatic carbocycles. The van der Waals surface area contributed by atoms with E-state index in [-0.39, 0.29) is 12.3 Å². The maximum Gasteiger partial charge on any atom is 0.319 e. The summed E-state index contributed by atoms with van der Waals surface area (Å²) in [5.41, 5.74) is 0.351. The number of nitrogens with one attached hydrogen (secondary N) is 1. The third kappa shape index (κ3) is 3.85. The van der Waals surface area contributed by atoms with Gasteiger partial charge in [0.15, 0.2) is 0 Å². The normalized spacial score (nSPS) is 12.1. The molecule has 0 amide bonds. The smallest absolute Gasteiger partial charge is 0.319 e. The van der Waals surface area contributed by atoms with Crippen LogP contribution in [0.2, 0.25) is 0 Å². The minimum absolute atomic E-state index is 0.0969. The molecular weight excluding hydrogens is 306 g/mol. The van der Waals surface area contributed by atoms with E-state index in [1.807, 2.05) is 0 Å². The number of alkyl halides is 4. The summed E-state index contributed by atoms with van der Waals surface area (Å²) in [6.07, 6.45) is -3.70. The van der Waals surface area contributed by atoms with E-state index in [1.165, 1.54) is 6.07 Å². The molecule has 0 saturated carbocycles. The lowest BCUT2D eigenvalue weighted by Crippen LogP contribution is -2.38. The van der Waals surface area contributed by atoms with E-state index in [1.54, 1.807) is 12.1 Å². The molecule has 17 heavy (non-hydrogen) atoms. The molecule has 1 aromatic carbocycles. The average molecular weight is 316 g/mol. The van der Waals surface area contributed by atoms with Crippen LogP contribution in [-0.2, 0) is 6.54 Å². The molecule has 0 bridgehead atoms. The molecule has 0 aromatic heterocycles. The average Bonchev–Trinajstić information content (AvgIpc) is 2.24. The van der Waals surface area contributed by atoms with Gasteiger partial charge < -0.3 is 10.4 Å². The predicted octanol–water partition coefficient (Wildman–Crippen LogP) is 3.14. The van der Waals surface area contributed by atoms with Gasteiger partial charge in [-0.05, 0) is 22.0 Å². The zero-order chi connectivity index (χ0) is 13.1. The van der Waals surface area contributed by atoms with Crippen LogP contribution in [-0.4, -0.2) is 24.0 Å². The van der Waals surface area contributed by atoms with Crippen molar-refractivity contribution in [3.63, 3.8) is 0 Å². The summed E-state index contributed by atoms with van der Waals surface area (Å²) in [6, 6.07) is 4.69. The molecule has 0 aliphatic heterocycles. The molecule has 0 saturated heterocycles. The summed E-state index contributed by atoms with van der Waals surface area (Å²) in [5, 5.41) is 11.7. The van der Waals surface area contributed by atoms with E-state index < -0.39 is 18.9 Å². The number of para-hydroxylation sites is 1. The van der Waals surface area contributed by atoms with Gasteiger partial charge in [0.05, 0.1) is 11.0 Å². The molecule has 0 atom stereocenters. The first kappa shape index (κ1) is 14.2. The Balaban J connectivity index is 2.55. The number of aromatic hydroxyl groups is 1. The van der Waals surface area contributed by atoms with E-state index in [4.69, 9.17) is 0 Å². The van der Waals surface area contributed by atoms with Gasteiger partial charge in [-0.1, -0.05) is 12.1 Å². The lowest BCUT2D eigenvalue weighted by Gasteiger charge is -2.16. The summed E-state index contributed by atoms with van der Waals surface area (Å²) < 4.78 is 49.2. The van der Waals surface area contributed by atoms with E-state index in [2.05, 4.69) is 21.2 Å². The standard InChI is InChI=1S/C10H10BrF4NO/c11-7-3-1-2-6(8(7)17)4-16-5-10(14,15)9(12)13/h1-3,9,16-17H,4-5H2. The van der Waals surface area contributed by atoms with Crippen molar-refractivity contribution in [2.24, 2.45) is 0 Å². The number of halogens is 5. The van der Waals surface area contributed by atoms with Crippen LogP contribution in [0.3, 0.4) is 0 Å². The van der Waals surface area contributed by atoms with E-state index >= 15 is 0 Å². The van der Waals surface area contributed by atoms with Crippen LogP contribution >= 0.6 is 15.9 Å². The number of hydrogen-bond donors (Lipinski definition) is 2. The van der Waals surface area contributed by atoms with Gasteiger partial charge in [0.1, 0.15) is 5.75 Å². The lowest BCUT2D eigenvalue weighted by atomic mass is 10.2. The van der Waals surface area contributed by atoms with Crippen molar-refractivity contribution in [2.75, 3.05) is 6.54 Å². The highest BCUT2D eigenvalue weighted by atomic mass is 79.9. The minimum atomic E-state index is -4.07. The van der Waals surface area contributed by atoms with Gasteiger partial charge >= 0.3 is 12.3 Å². The largest absolute Gasteiger partial charge is 0.506 e. The molecule has 0 radical (unpaired) electrons. The first-order valence-electron chi connectivity index (χ1n) is 4.67. The Morgan fingerprint density at radius 2 is 2.00 bits per heavy atom. The molecule has 1 aromatic rings. The van der Waals surface area contributed by atoms with Crippen molar-refractivity contribution in [3.8, 4) is 5.75 Å². The number of phenolic OH excluding ortho intramolecular Hbond substituents is 1. The highest BCUT2D eigenvalue weighted by Gasteiger charge is 2.39. The summed E-state index contributed by atoms with van der Waals surface area (Å²) in [4.78, 5) is 0. The third-order valence-electron chi connectivity index (χ3n) is 2.07. The van der Waals surface area contributed by atoms with Crippen LogP contribution in [0.1, 0.15) is 5.56 Å². The zero-order valence-electron chi connectivity index (χ0n) is 8.56. The molecule has 0 spiro atoms. The second-order valence-corrected chi connectivity index (χ2v) is 4.27. The van der Waals surface area contributed by atoms with Gasteiger partial charge in [-0.25, -0.2) is 8.78 Å². The molecule has 2 nitrogen and oxygen atoms in total.